The number of pyridine rings is 1. The lowest BCUT2D eigenvalue weighted by Crippen LogP contribution is -2.34. The van der Waals surface area contributed by atoms with Crippen molar-refractivity contribution in [3.05, 3.63) is 82.5 Å². The Morgan fingerprint density at radius 2 is 1.57 bits per heavy atom. The van der Waals surface area contributed by atoms with E-state index < -0.39 is 0 Å². The first kappa shape index (κ1) is 23.6. The minimum atomic E-state index is -0.333. The van der Waals surface area contributed by atoms with Crippen LogP contribution < -0.4 is 4.90 Å². The van der Waals surface area contributed by atoms with Gasteiger partial charge in [-0.15, -0.1) is 0 Å². The number of rotatable bonds is 4. The highest BCUT2D eigenvalue weighted by molar-refractivity contribution is 8.00. The highest BCUT2D eigenvalue weighted by Crippen LogP contribution is 2.39. The minimum absolute atomic E-state index is 0.0525. The third kappa shape index (κ3) is 4.86. The van der Waals surface area contributed by atoms with E-state index in [4.69, 9.17) is 4.98 Å². The summed E-state index contributed by atoms with van der Waals surface area (Å²) in [7, 11) is 0. The summed E-state index contributed by atoms with van der Waals surface area (Å²) >= 11 is 1.46. The Morgan fingerprint density at radius 1 is 0.943 bits per heavy atom. The van der Waals surface area contributed by atoms with Crippen LogP contribution in [0, 0.1) is 11.3 Å². The molecule has 1 atom stereocenters. The summed E-state index contributed by atoms with van der Waals surface area (Å²) in [5.41, 5.74) is 7.22. The molecule has 35 heavy (non-hydrogen) atoms. The van der Waals surface area contributed by atoms with E-state index in [2.05, 4.69) is 30.3 Å². The molecule has 1 unspecified atom stereocenters. The van der Waals surface area contributed by atoms with Gasteiger partial charge in [-0.3, -0.25) is 9.69 Å². The summed E-state index contributed by atoms with van der Waals surface area (Å²) in [6.45, 7) is 2.05. The van der Waals surface area contributed by atoms with Crippen molar-refractivity contribution in [2.45, 2.75) is 75.0 Å². The van der Waals surface area contributed by atoms with Crippen LogP contribution >= 0.6 is 11.8 Å². The highest BCUT2D eigenvalue weighted by Gasteiger charge is 2.31. The van der Waals surface area contributed by atoms with Gasteiger partial charge in [0.05, 0.1) is 22.2 Å². The number of nitriles is 1. The average molecular weight is 482 g/mol. The predicted molar refractivity (Wildman–Crippen MR) is 142 cm³/mol. The van der Waals surface area contributed by atoms with Gasteiger partial charge in [0.1, 0.15) is 11.1 Å². The van der Waals surface area contributed by atoms with Crippen LogP contribution in [0.3, 0.4) is 0 Å². The first-order chi connectivity index (χ1) is 17.2. The SMILES string of the molecule is CCC(Sc1nc2c(cc1C#N)CCCCCC2)C(=O)N1c2ccccc2CCc2ccccc21. The number of para-hydroxylation sites is 2. The number of amides is 1. The smallest absolute Gasteiger partial charge is 0.245 e. The molecule has 1 aliphatic carbocycles. The summed E-state index contributed by atoms with van der Waals surface area (Å²) in [6, 6.07) is 20.9. The number of benzene rings is 2. The topological polar surface area (TPSA) is 57.0 Å². The number of aromatic nitrogens is 1. The third-order valence-electron chi connectivity index (χ3n) is 7.14. The molecule has 0 bridgehead atoms. The molecular formula is C30H31N3OS. The molecule has 0 radical (unpaired) electrons. The van der Waals surface area contributed by atoms with Crippen molar-refractivity contribution in [3.63, 3.8) is 0 Å². The fourth-order valence-electron chi connectivity index (χ4n) is 5.24. The molecule has 5 rings (SSSR count). The number of fused-ring (bicyclic) bond motifs is 3. The molecule has 5 heteroatoms. The van der Waals surface area contributed by atoms with E-state index in [1.165, 1.54) is 41.3 Å². The lowest BCUT2D eigenvalue weighted by molar-refractivity contribution is -0.117. The number of aryl methyl sites for hydroxylation is 4. The van der Waals surface area contributed by atoms with E-state index in [0.717, 1.165) is 55.6 Å². The summed E-state index contributed by atoms with van der Waals surface area (Å²) in [5.74, 6) is 0.0525. The van der Waals surface area contributed by atoms with Crippen LogP contribution in [0.15, 0.2) is 59.6 Å². The van der Waals surface area contributed by atoms with Crippen LogP contribution in [0.1, 0.15) is 67.0 Å². The van der Waals surface area contributed by atoms with Gasteiger partial charge in [-0.2, -0.15) is 5.26 Å². The van der Waals surface area contributed by atoms with Gasteiger partial charge in [0.2, 0.25) is 5.91 Å². The van der Waals surface area contributed by atoms with Gasteiger partial charge in [0.25, 0.3) is 0 Å². The Hall–Kier alpha value is -3.10. The summed E-state index contributed by atoms with van der Waals surface area (Å²) in [4.78, 5) is 21.1. The molecule has 0 N–H and O–H groups in total. The summed E-state index contributed by atoms with van der Waals surface area (Å²) in [6.07, 6.45) is 9.16. The Morgan fingerprint density at radius 3 is 2.20 bits per heavy atom. The van der Waals surface area contributed by atoms with Crippen molar-refractivity contribution in [2.24, 2.45) is 0 Å². The second-order valence-corrected chi connectivity index (χ2v) is 10.6. The number of thioether (sulfide) groups is 1. The Bertz CT molecular complexity index is 1230. The van der Waals surface area contributed by atoms with Crippen LogP contribution in [-0.4, -0.2) is 16.1 Å². The van der Waals surface area contributed by atoms with Gasteiger partial charge >= 0.3 is 0 Å². The zero-order valence-electron chi connectivity index (χ0n) is 20.3. The molecule has 0 saturated carbocycles. The van der Waals surface area contributed by atoms with Gasteiger partial charge in [-0.05, 0) is 79.8 Å². The first-order valence-corrected chi connectivity index (χ1v) is 13.7. The van der Waals surface area contributed by atoms with Gasteiger partial charge in [0.15, 0.2) is 0 Å². The quantitative estimate of drug-likeness (QED) is 0.379. The molecule has 0 saturated heterocycles. The van der Waals surface area contributed by atoms with Crippen LogP contribution in [0.4, 0.5) is 11.4 Å². The first-order valence-electron chi connectivity index (χ1n) is 12.8. The highest BCUT2D eigenvalue weighted by atomic mass is 32.2. The van der Waals surface area contributed by atoms with Crippen molar-refractivity contribution in [1.82, 2.24) is 4.98 Å². The largest absolute Gasteiger partial charge is 0.280 e. The number of carbonyl (C=O) groups is 1. The molecule has 1 aromatic heterocycles. The molecule has 2 aliphatic rings. The Labute approximate surface area is 212 Å². The van der Waals surface area contributed by atoms with Crippen LogP contribution in [0.2, 0.25) is 0 Å². The maximum absolute atomic E-state index is 14.2. The number of carbonyl (C=O) groups excluding carboxylic acids is 1. The van der Waals surface area contributed by atoms with Gasteiger partial charge in [0, 0.05) is 5.69 Å². The zero-order chi connectivity index (χ0) is 24.2. The number of hydrogen-bond acceptors (Lipinski definition) is 4. The summed E-state index contributed by atoms with van der Waals surface area (Å²) < 4.78 is 0. The fraction of sp³-hybridized carbons (Fsp3) is 0.367. The standard InChI is InChI=1S/C30H31N3OS/c1-2-28(35-29-24(20-31)19-23-13-5-3-4-6-14-25(23)32-29)30(34)33-26-15-9-7-11-21(26)17-18-22-12-8-10-16-27(22)33/h7-12,15-16,19,28H,2-6,13-14,17-18H2,1H3. The van der Waals surface area contributed by atoms with E-state index in [9.17, 15) is 10.1 Å². The van der Waals surface area contributed by atoms with E-state index in [1.54, 1.807) is 0 Å². The normalized spacial score (nSPS) is 15.9. The van der Waals surface area contributed by atoms with Crippen LogP contribution in [0.25, 0.3) is 0 Å². The maximum atomic E-state index is 14.2. The number of anilines is 2. The van der Waals surface area contributed by atoms with Gasteiger partial charge < -0.3 is 0 Å². The Balaban J connectivity index is 1.52. The van der Waals surface area contributed by atoms with Crippen LogP contribution in [0.5, 0.6) is 0 Å². The van der Waals surface area contributed by atoms with E-state index in [-0.39, 0.29) is 11.2 Å². The Kier molecular flexibility index (Phi) is 7.20. The molecule has 2 aromatic carbocycles. The van der Waals surface area contributed by atoms with Gasteiger partial charge in [-0.1, -0.05) is 67.9 Å². The average Bonchev–Trinajstić information content (AvgIpc) is 3.04. The molecular weight excluding hydrogens is 450 g/mol. The molecule has 178 valence electrons. The third-order valence-corrected chi connectivity index (χ3v) is 8.49. The van der Waals surface area contributed by atoms with Crippen molar-refractivity contribution in [3.8, 4) is 6.07 Å². The monoisotopic (exact) mass is 481 g/mol. The lowest BCUT2D eigenvalue weighted by Gasteiger charge is -2.28. The van der Waals surface area contributed by atoms with Crippen molar-refractivity contribution >= 4 is 29.0 Å². The molecule has 2 heterocycles. The predicted octanol–water partition coefficient (Wildman–Crippen LogP) is 6.95. The van der Waals surface area contributed by atoms with Gasteiger partial charge in [-0.25, -0.2) is 4.98 Å². The van der Waals surface area contributed by atoms with E-state index in [0.29, 0.717) is 17.0 Å². The molecule has 1 aliphatic heterocycles. The molecule has 1 amide bonds. The molecule has 0 spiro atoms. The van der Waals surface area contributed by atoms with Crippen molar-refractivity contribution in [1.29, 1.82) is 5.26 Å². The second-order valence-electron chi connectivity index (χ2n) is 9.42. The number of hydrogen-bond donors (Lipinski definition) is 0. The van der Waals surface area contributed by atoms with E-state index >= 15 is 0 Å². The second kappa shape index (κ2) is 10.7. The zero-order valence-corrected chi connectivity index (χ0v) is 21.1. The van der Waals surface area contributed by atoms with E-state index in [1.807, 2.05) is 42.2 Å². The van der Waals surface area contributed by atoms with Crippen molar-refractivity contribution in [2.75, 3.05) is 4.90 Å². The number of nitrogens with zero attached hydrogens (tertiary/aromatic N) is 3. The van der Waals surface area contributed by atoms with Crippen LogP contribution in [-0.2, 0) is 30.5 Å². The molecule has 3 aromatic rings. The minimum Gasteiger partial charge on any atom is -0.280 e. The maximum Gasteiger partial charge on any atom is 0.245 e. The molecule has 4 nitrogen and oxygen atoms in total. The summed E-state index contributed by atoms with van der Waals surface area (Å²) in [5, 5.41) is 10.3. The fourth-order valence-corrected chi connectivity index (χ4v) is 6.28. The molecule has 0 fully saturated rings. The lowest BCUT2D eigenvalue weighted by atomic mass is 9.96. The van der Waals surface area contributed by atoms with Crippen molar-refractivity contribution < 1.29 is 4.79 Å².